The third kappa shape index (κ3) is 2.54. The first-order valence-corrected chi connectivity index (χ1v) is 6.65. The molecule has 0 amide bonds. The summed E-state index contributed by atoms with van der Waals surface area (Å²) in [6.07, 6.45) is 1.11. The van der Waals surface area contributed by atoms with Crippen molar-refractivity contribution in [1.29, 1.82) is 0 Å². The van der Waals surface area contributed by atoms with Crippen LogP contribution in [-0.4, -0.2) is 33.2 Å². The van der Waals surface area contributed by atoms with E-state index in [1.54, 1.807) is 0 Å². The van der Waals surface area contributed by atoms with Gasteiger partial charge in [-0.3, -0.25) is 9.98 Å². The van der Waals surface area contributed by atoms with Crippen LogP contribution in [0.5, 0.6) is 0 Å². The Hall–Kier alpha value is 0.0400. The van der Waals surface area contributed by atoms with Gasteiger partial charge in [-0.25, -0.2) is 0 Å². The quantitative estimate of drug-likeness (QED) is 0.726. The van der Waals surface area contributed by atoms with Gasteiger partial charge < -0.3 is 0 Å². The van der Waals surface area contributed by atoms with Gasteiger partial charge in [-0.2, -0.15) is 0 Å². The Balaban J connectivity index is 1.83. The van der Waals surface area contributed by atoms with Crippen LogP contribution in [-0.2, 0) is 0 Å². The minimum absolute atomic E-state index is 0.328. The minimum atomic E-state index is 0.328. The lowest BCUT2D eigenvalue weighted by Gasteiger charge is -2.14. The summed E-state index contributed by atoms with van der Waals surface area (Å²) in [5.74, 6) is 0. The van der Waals surface area contributed by atoms with Crippen LogP contribution in [0.4, 0.5) is 0 Å². The van der Waals surface area contributed by atoms with E-state index < -0.39 is 0 Å². The number of thioether (sulfide) groups is 2. The summed E-state index contributed by atoms with van der Waals surface area (Å²) in [6, 6.07) is 0. The molecule has 0 aromatic rings. The Morgan fingerprint density at radius 3 is 2.71 bits per heavy atom. The molecule has 2 heterocycles. The molecule has 2 aliphatic rings. The van der Waals surface area contributed by atoms with Crippen molar-refractivity contribution in [2.45, 2.75) is 37.2 Å². The zero-order chi connectivity index (χ0) is 10.2. The van der Waals surface area contributed by atoms with E-state index in [4.69, 9.17) is 0 Å². The summed E-state index contributed by atoms with van der Waals surface area (Å²) >= 11 is 3.85. The second kappa shape index (κ2) is 3.89. The maximum atomic E-state index is 4.59. The molecule has 0 N–H and O–H groups in total. The fourth-order valence-electron chi connectivity index (χ4n) is 1.62. The van der Waals surface area contributed by atoms with Gasteiger partial charge in [0, 0.05) is 16.4 Å². The molecule has 14 heavy (non-hydrogen) atoms. The Labute approximate surface area is 94.0 Å². The number of aliphatic imine (C=N–C) groups is 2. The second-order valence-corrected chi connectivity index (χ2v) is 7.65. The van der Waals surface area contributed by atoms with Gasteiger partial charge in [0.05, 0.1) is 23.2 Å². The highest BCUT2D eigenvalue weighted by Crippen LogP contribution is 2.36. The van der Waals surface area contributed by atoms with Crippen LogP contribution in [0, 0.1) is 0 Å². The fourth-order valence-corrected chi connectivity index (χ4v) is 3.92. The molecule has 0 aromatic heterocycles. The van der Waals surface area contributed by atoms with E-state index >= 15 is 0 Å². The Kier molecular flexibility index (Phi) is 2.93. The smallest absolute Gasteiger partial charge is 0.0694 e. The molecule has 4 heteroatoms. The standard InChI is InChI=1S/C10H16N2S2/c1-7-11-5-8(13-7)4-9-12-6-10(2,3)14-9/h8H,4-6H2,1-3H3. The van der Waals surface area contributed by atoms with Gasteiger partial charge >= 0.3 is 0 Å². The second-order valence-electron chi connectivity index (χ2n) is 4.38. The summed E-state index contributed by atoms with van der Waals surface area (Å²) in [7, 11) is 0. The SMILES string of the molecule is CC1=NCC(CC2=NCC(C)(C)S2)S1. The van der Waals surface area contributed by atoms with Crippen molar-refractivity contribution in [3.8, 4) is 0 Å². The first kappa shape index (κ1) is 10.6. The predicted octanol–water partition coefficient (Wildman–Crippen LogP) is 2.83. The first-order chi connectivity index (χ1) is 6.55. The molecule has 0 fully saturated rings. The third-order valence-electron chi connectivity index (χ3n) is 2.29. The molecule has 1 unspecified atom stereocenters. The monoisotopic (exact) mass is 228 g/mol. The summed E-state index contributed by atoms with van der Waals surface area (Å²) in [5, 5.41) is 3.21. The van der Waals surface area contributed by atoms with Crippen molar-refractivity contribution in [1.82, 2.24) is 0 Å². The van der Waals surface area contributed by atoms with E-state index in [0.717, 1.165) is 19.5 Å². The average Bonchev–Trinajstić information content (AvgIpc) is 2.59. The lowest BCUT2D eigenvalue weighted by molar-refractivity contribution is 0.740. The van der Waals surface area contributed by atoms with Gasteiger partial charge in [-0.15, -0.1) is 23.5 Å². The van der Waals surface area contributed by atoms with Gasteiger partial charge in [0.25, 0.3) is 0 Å². The average molecular weight is 228 g/mol. The topological polar surface area (TPSA) is 24.7 Å². The van der Waals surface area contributed by atoms with E-state index in [0.29, 0.717) is 10.00 Å². The van der Waals surface area contributed by atoms with E-state index in [2.05, 4.69) is 30.8 Å². The summed E-state index contributed by atoms with van der Waals surface area (Å²) in [5.41, 5.74) is 0. The van der Waals surface area contributed by atoms with Gasteiger partial charge in [-0.1, -0.05) is 0 Å². The zero-order valence-corrected chi connectivity index (χ0v) is 10.5. The summed E-state index contributed by atoms with van der Waals surface area (Å²) in [4.78, 5) is 9.00. The molecule has 2 rings (SSSR count). The van der Waals surface area contributed by atoms with E-state index in [9.17, 15) is 0 Å². The maximum Gasteiger partial charge on any atom is 0.0694 e. The van der Waals surface area contributed by atoms with Crippen molar-refractivity contribution >= 4 is 33.6 Å². The molecular formula is C10H16N2S2. The molecule has 0 aliphatic carbocycles. The fraction of sp³-hybridized carbons (Fsp3) is 0.800. The Morgan fingerprint density at radius 2 is 2.21 bits per heavy atom. The lowest BCUT2D eigenvalue weighted by atomic mass is 10.2. The van der Waals surface area contributed by atoms with Crippen LogP contribution in [0.1, 0.15) is 27.2 Å². The highest BCUT2D eigenvalue weighted by molar-refractivity contribution is 8.16. The minimum Gasteiger partial charge on any atom is -0.282 e. The Morgan fingerprint density at radius 1 is 1.43 bits per heavy atom. The van der Waals surface area contributed by atoms with Gasteiger partial charge in [0.2, 0.25) is 0 Å². The third-order valence-corrected chi connectivity index (χ3v) is 4.62. The van der Waals surface area contributed by atoms with Crippen molar-refractivity contribution in [3.63, 3.8) is 0 Å². The number of hydrogen-bond donors (Lipinski definition) is 0. The maximum absolute atomic E-state index is 4.59. The van der Waals surface area contributed by atoms with Gasteiger partial charge in [0.15, 0.2) is 0 Å². The van der Waals surface area contributed by atoms with Crippen LogP contribution in [0.25, 0.3) is 0 Å². The van der Waals surface area contributed by atoms with Crippen molar-refractivity contribution in [2.24, 2.45) is 9.98 Å². The molecule has 1 atom stereocenters. The van der Waals surface area contributed by atoms with Crippen LogP contribution in [0.2, 0.25) is 0 Å². The molecule has 0 bridgehead atoms. The van der Waals surface area contributed by atoms with Crippen molar-refractivity contribution in [3.05, 3.63) is 0 Å². The molecule has 2 aliphatic heterocycles. The van der Waals surface area contributed by atoms with Crippen LogP contribution < -0.4 is 0 Å². The van der Waals surface area contributed by atoms with E-state index in [1.165, 1.54) is 10.1 Å². The van der Waals surface area contributed by atoms with Gasteiger partial charge in [0.1, 0.15) is 0 Å². The van der Waals surface area contributed by atoms with Gasteiger partial charge in [-0.05, 0) is 20.8 Å². The van der Waals surface area contributed by atoms with Crippen molar-refractivity contribution in [2.75, 3.05) is 13.1 Å². The Bertz CT molecular complexity index is 294. The van der Waals surface area contributed by atoms with E-state index in [-0.39, 0.29) is 0 Å². The zero-order valence-electron chi connectivity index (χ0n) is 8.91. The first-order valence-electron chi connectivity index (χ1n) is 4.95. The number of rotatable bonds is 2. The summed E-state index contributed by atoms with van der Waals surface area (Å²) in [6.45, 7) is 8.58. The number of nitrogens with zero attached hydrogens (tertiary/aromatic N) is 2. The molecule has 0 radical (unpaired) electrons. The van der Waals surface area contributed by atoms with Crippen molar-refractivity contribution < 1.29 is 0 Å². The van der Waals surface area contributed by atoms with E-state index in [1.807, 2.05) is 23.5 Å². The van der Waals surface area contributed by atoms with Crippen LogP contribution in [0.15, 0.2) is 9.98 Å². The number of hydrogen-bond acceptors (Lipinski definition) is 4. The molecule has 0 aromatic carbocycles. The summed E-state index contributed by atoms with van der Waals surface area (Å²) < 4.78 is 0.328. The molecule has 0 saturated heterocycles. The lowest BCUT2D eigenvalue weighted by Crippen LogP contribution is -2.15. The van der Waals surface area contributed by atoms with Crippen LogP contribution >= 0.6 is 23.5 Å². The normalized spacial score (nSPS) is 30.4. The largest absolute Gasteiger partial charge is 0.282 e. The predicted molar refractivity (Wildman–Crippen MR) is 67.9 cm³/mol. The molecular weight excluding hydrogens is 212 g/mol. The molecule has 78 valence electrons. The van der Waals surface area contributed by atoms with Crippen LogP contribution in [0.3, 0.4) is 0 Å². The molecule has 2 nitrogen and oxygen atoms in total. The highest BCUT2D eigenvalue weighted by Gasteiger charge is 2.29. The molecule has 0 spiro atoms. The molecule has 0 saturated carbocycles. The highest BCUT2D eigenvalue weighted by atomic mass is 32.2.